The first-order valence-electron chi connectivity index (χ1n) is 3.07. The van der Waals surface area contributed by atoms with Crippen LogP contribution in [0.15, 0.2) is 18.2 Å². The molecule has 1 rings (SSSR count). The van der Waals surface area contributed by atoms with Gasteiger partial charge in [-0.25, -0.2) is 0 Å². The second-order valence-electron chi connectivity index (χ2n) is 2.05. The van der Waals surface area contributed by atoms with Crippen LogP contribution in [0.2, 0.25) is 0 Å². The van der Waals surface area contributed by atoms with Crippen molar-refractivity contribution < 1.29 is 9.90 Å². The summed E-state index contributed by atoms with van der Waals surface area (Å²) >= 11 is 0. The van der Waals surface area contributed by atoms with E-state index in [0.29, 0.717) is 11.8 Å². The molecule has 56 valence electrons. The van der Waals surface area contributed by atoms with Gasteiger partial charge in [0.25, 0.3) is 0 Å². The van der Waals surface area contributed by atoms with Crippen LogP contribution in [0.25, 0.3) is 0 Å². The molecule has 11 heavy (non-hydrogen) atoms. The third-order valence-corrected chi connectivity index (χ3v) is 1.38. The highest BCUT2D eigenvalue weighted by atomic mass is 16.3. The molecule has 0 aliphatic heterocycles. The van der Waals surface area contributed by atoms with Crippen LogP contribution in [-0.2, 0) is 0 Å². The molecule has 0 saturated carbocycles. The molecule has 1 aromatic rings. The number of rotatable bonds is 2. The fraction of sp³-hybridized carbons (Fsp3) is 0. The van der Waals surface area contributed by atoms with Crippen molar-refractivity contribution in [3.8, 4) is 5.75 Å². The molecule has 0 bridgehead atoms. The Hall–Kier alpha value is -1.64. The van der Waals surface area contributed by atoms with Gasteiger partial charge >= 0.3 is 0 Å². The number of aldehydes is 1. The highest BCUT2D eigenvalue weighted by Gasteiger charge is 2.01. The smallest absolute Gasteiger partial charge is 0.153 e. The first kappa shape index (κ1) is 7.47. The van der Waals surface area contributed by atoms with E-state index in [4.69, 9.17) is 5.41 Å². The van der Waals surface area contributed by atoms with Gasteiger partial charge in [0, 0.05) is 11.8 Å². The Morgan fingerprint density at radius 2 is 2.00 bits per heavy atom. The largest absolute Gasteiger partial charge is 0.507 e. The van der Waals surface area contributed by atoms with Gasteiger partial charge in [0.05, 0.1) is 5.56 Å². The molecular weight excluding hydrogens is 142 g/mol. The molecule has 0 unspecified atom stereocenters. The van der Waals surface area contributed by atoms with E-state index >= 15 is 0 Å². The Bertz CT molecular complexity index is 268. The van der Waals surface area contributed by atoms with E-state index in [1.165, 1.54) is 6.07 Å². The minimum atomic E-state index is -0.127. The first-order chi connectivity index (χ1) is 5.29. The summed E-state index contributed by atoms with van der Waals surface area (Å²) in [5.41, 5.74) is 0.570. The average Bonchev–Trinajstić information content (AvgIpc) is 2.05. The quantitative estimate of drug-likeness (QED) is 0.490. The Balaban J connectivity index is 3.30. The monoisotopic (exact) mass is 149 g/mol. The van der Waals surface area contributed by atoms with Gasteiger partial charge in [-0.3, -0.25) is 4.79 Å². The molecular formula is C8H7NO2. The fourth-order valence-corrected chi connectivity index (χ4v) is 0.792. The Labute approximate surface area is 63.8 Å². The van der Waals surface area contributed by atoms with Crippen LogP contribution in [0, 0.1) is 5.41 Å². The van der Waals surface area contributed by atoms with Crippen molar-refractivity contribution in [3.05, 3.63) is 29.3 Å². The van der Waals surface area contributed by atoms with Crippen LogP contribution >= 0.6 is 0 Å². The van der Waals surface area contributed by atoms with Crippen molar-refractivity contribution >= 4 is 12.5 Å². The highest BCUT2D eigenvalue weighted by Crippen LogP contribution is 2.18. The SMILES string of the molecule is N=Cc1cccc(C=O)c1O. The zero-order chi connectivity index (χ0) is 8.27. The molecule has 0 fully saturated rings. The second kappa shape index (κ2) is 2.96. The predicted molar refractivity (Wildman–Crippen MR) is 41.4 cm³/mol. The van der Waals surface area contributed by atoms with Crippen LogP contribution < -0.4 is 0 Å². The number of phenols is 1. The Morgan fingerprint density at radius 3 is 2.55 bits per heavy atom. The number of carbonyl (C=O) groups excluding carboxylic acids is 1. The molecule has 0 heterocycles. The van der Waals surface area contributed by atoms with E-state index < -0.39 is 0 Å². The summed E-state index contributed by atoms with van der Waals surface area (Å²) in [6.45, 7) is 0. The second-order valence-corrected chi connectivity index (χ2v) is 2.05. The number of phenolic OH excluding ortho intramolecular Hbond substituents is 1. The minimum Gasteiger partial charge on any atom is -0.507 e. The van der Waals surface area contributed by atoms with E-state index in [1.807, 2.05) is 0 Å². The molecule has 0 atom stereocenters. The van der Waals surface area contributed by atoms with Gasteiger partial charge in [-0.2, -0.15) is 0 Å². The van der Waals surface area contributed by atoms with E-state index in [1.54, 1.807) is 12.1 Å². The van der Waals surface area contributed by atoms with Gasteiger partial charge in [0.15, 0.2) is 6.29 Å². The van der Waals surface area contributed by atoms with Crippen molar-refractivity contribution in [2.24, 2.45) is 0 Å². The number of nitrogens with one attached hydrogen (secondary N) is 1. The Morgan fingerprint density at radius 1 is 1.36 bits per heavy atom. The predicted octanol–water partition coefficient (Wildman–Crippen LogP) is 1.20. The molecule has 0 aromatic heterocycles. The van der Waals surface area contributed by atoms with Crippen molar-refractivity contribution in [3.63, 3.8) is 0 Å². The number of carbonyl (C=O) groups is 1. The zero-order valence-corrected chi connectivity index (χ0v) is 5.74. The lowest BCUT2D eigenvalue weighted by molar-refractivity contribution is 0.112. The summed E-state index contributed by atoms with van der Waals surface area (Å²) in [6, 6.07) is 4.68. The van der Waals surface area contributed by atoms with Gasteiger partial charge in [-0.05, 0) is 12.1 Å². The number of para-hydroxylation sites is 1. The molecule has 0 radical (unpaired) electrons. The zero-order valence-electron chi connectivity index (χ0n) is 5.74. The molecule has 0 aliphatic carbocycles. The lowest BCUT2D eigenvalue weighted by Gasteiger charge is -1.98. The van der Waals surface area contributed by atoms with E-state index in [2.05, 4.69) is 0 Å². The number of hydrogen-bond donors (Lipinski definition) is 2. The molecule has 0 aliphatic rings. The standard InChI is InChI=1S/C8H7NO2/c9-4-6-2-1-3-7(5-10)8(6)11/h1-5,9,11H. The maximum absolute atomic E-state index is 10.3. The molecule has 1 aromatic carbocycles. The summed E-state index contributed by atoms with van der Waals surface area (Å²) in [5.74, 6) is -0.127. The molecule has 2 N–H and O–H groups in total. The molecule has 0 spiro atoms. The van der Waals surface area contributed by atoms with Gasteiger partial charge in [0.2, 0.25) is 0 Å². The molecule has 3 nitrogen and oxygen atoms in total. The van der Waals surface area contributed by atoms with Crippen molar-refractivity contribution in [1.82, 2.24) is 0 Å². The van der Waals surface area contributed by atoms with Crippen LogP contribution in [0.1, 0.15) is 15.9 Å². The van der Waals surface area contributed by atoms with Crippen LogP contribution in [0.3, 0.4) is 0 Å². The summed E-state index contributed by atoms with van der Waals surface area (Å²) < 4.78 is 0. The van der Waals surface area contributed by atoms with Gasteiger partial charge < -0.3 is 10.5 Å². The lowest BCUT2D eigenvalue weighted by Crippen LogP contribution is -1.86. The van der Waals surface area contributed by atoms with Gasteiger partial charge in [-0.15, -0.1) is 0 Å². The third kappa shape index (κ3) is 1.26. The van der Waals surface area contributed by atoms with Crippen LogP contribution in [0.4, 0.5) is 0 Å². The van der Waals surface area contributed by atoms with Crippen molar-refractivity contribution in [2.45, 2.75) is 0 Å². The molecule has 0 saturated heterocycles. The van der Waals surface area contributed by atoms with Crippen LogP contribution in [0.5, 0.6) is 5.75 Å². The van der Waals surface area contributed by atoms with Gasteiger partial charge in [-0.1, -0.05) is 6.07 Å². The highest BCUT2D eigenvalue weighted by molar-refractivity contribution is 5.88. The van der Waals surface area contributed by atoms with Crippen molar-refractivity contribution in [1.29, 1.82) is 5.41 Å². The van der Waals surface area contributed by atoms with Crippen molar-refractivity contribution in [2.75, 3.05) is 0 Å². The minimum absolute atomic E-state index is 0.127. The van der Waals surface area contributed by atoms with E-state index in [0.717, 1.165) is 6.21 Å². The average molecular weight is 149 g/mol. The number of hydrogen-bond acceptors (Lipinski definition) is 3. The molecule has 3 heteroatoms. The summed E-state index contributed by atoms with van der Waals surface area (Å²) in [7, 11) is 0. The topological polar surface area (TPSA) is 61.2 Å². The number of benzene rings is 1. The maximum Gasteiger partial charge on any atom is 0.153 e. The lowest BCUT2D eigenvalue weighted by atomic mass is 10.1. The normalized spacial score (nSPS) is 9.09. The summed E-state index contributed by atoms with van der Waals surface area (Å²) in [5, 5.41) is 16.1. The third-order valence-electron chi connectivity index (χ3n) is 1.38. The van der Waals surface area contributed by atoms with Crippen LogP contribution in [-0.4, -0.2) is 17.6 Å². The maximum atomic E-state index is 10.3. The van der Waals surface area contributed by atoms with E-state index in [-0.39, 0.29) is 11.3 Å². The fourth-order valence-electron chi connectivity index (χ4n) is 0.792. The van der Waals surface area contributed by atoms with E-state index in [9.17, 15) is 9.90 Å². The van der Waals surface area contributed by atoms with Gasteiger partial charge in [0.1, 0.15) is 5.75 Å². The Kier molecular flexibility index (Phi) is 2.01. The molecule has 0 amide bonds. The first-order valence-corrected chi connectivity index (χ1v) is 3.07. The summed E-state index contributed by atoms with van der Waals surface area (Å²) in [4.78, 5) is 10.3. The number of aromatic hydroxyl groups is 1. The summed E-state index contributed by atoms with van der Waals surface area (Å²) in [6.07, 6.45) is 1.56.